The zero-order valence-electron chi connectivity index (χ0n) is 32.0. The van der Waals surface area contributed by atoms with Gasteiger partial charge in [0.25, 0.3) is 0 Å². The van der Waals surface area contributed by atoms with E-state index in [-0.39, 0.29) is 36.7 Å². The van der Waals surface area contributed by atoms with E-state index in [9.17, 15) is 5.48 Å². The summed E-state index contributed by atoms with van der Waals surface area (Å²) < 4.78 is 42.9. The average molecular weight is 683 g/mol. The van der Waals surface area contributed by atoms with Crippen LogP contribution in [0.5, 0.6) is 0 Å². The summed E-state index contributed by atoms with van der Waals surface area (Å²) in [6.45, 7) is -0.379. The fourth-order valence-electron chi connectivity index (χ4n) is 8.34. The van der Waals surface area contributed by atoms with Crippen LogP contribution in [0.3, 0.4) is 0 Å². The largest absolute Gasteiger partial charge is 0.376 e. The number of aromatic nitrogens is 1. The van der Waals surface area contributed by atoms with Gasteiger partial charge >= 0.3 is 6.85 Å². The van der Waals surface area contributed by atoms with Gasteiger partial charge in [-0.1, -0.05) is 139 Å². The summed E-state index contributed by atoms with van der Waals surface area (Å²) in [7, 11) is 0. The van der Waals surface area contributed by atoms with Crippen molar-refractivity contribution >= 4 is 82.5 Å². The topological polar surface area (TPSA) is 8.17 Å². The first kappa shape index (κ1) is 25.6. The lowest BCUT2D eigenvalue weighted by Crippen LogP contribution is -2.57. The zero-order chi connectivity index (χ0) is 37.7. The summed E-state index contributed by atoms with van der Waals surface area (Å²) in [4.78, 5) is 2.07. The van der Waals surface area contributed by atoms with Crippen LogP contribution in [0.15, 0.2) is 188 Å². The molecule has 52 heavy (non-hydrogen) atoms. The van der Waals surface area contributed by atoms with Gasteiger partial charge in [-0.2, -0.15) is 0 Å². The quantitative estimate of drug-likeness (QED) is 0.168. The molecule has 0 amide bonds. The molecule has 1 aliphatic rings. The van der Waals surface area contributed by atoms with Crippen LogP contribution in [0.25, 0.3) is 69.9 Å². The molecule has 3 heterocycles. The smallest absolute Gasteiger partial charge is 0.328 e. The van der Waals surface area contributed by atoms with Crippen molar-refractivity contribution in [1.29, 1.82) is 0 Å². The summed E-state index contributed by atoms with van der Waals surface area (Å²) in [5.74, 6) is 0. The van der Waals surface area contributed by atoms with Crippen molar-refractivity contribution in [1.82, 2.24) is 4.57 Å². The highest BCUT2D eigenvalue weighted by molar-refractivity contribution is 7.25. The molecule has 2 aromatic heterocycles. The van der Waals surface area contributed by atoms with E-state index in [1.165, 1.54) is 20.2 Å². The van der Waals surface area contributed by atoms with Crippen molar-refractivity contribution in [3.8, 4) is 27.9 Å². The Hall–Kier alpha value is -6.36. The number of anilines is 2. The first-order valence-corrected chi connectivity index (χ1v) is 18.4. The van der Waals surface area contributed by atoms with Crippen LogP contribution in [0.1, 0.15) is 5.48 Å². The molecule has 4 heteroatoms. The van der Waals surface area contributed by atoms with Gasteiger partial charge in [-0.3, -0.25) is 0 Å². The molecule has 0 spiro atoms. The summed E-state index contributed by atoms with van der Waals surface area (Å²) in [6, 6.07) is 55.8. The Morgan fingerprint density at radius 1 is 0.519 bits per heavy atom. The minimum Gasteiger partial charge on any atom is -0.376 e. The van der Waals surface area contributed by atoms with Gasteiger partial charge in [0, 0.05) is 53.6 Å². The molecule has 0 unspecified atom stereocenters. The van der Waals surface area contributed by atoms with Crippen molar-refractivity contribution < 1.29 is 5.48 Å². The maximum Gasteiger partial charge on any atom is 0.328 e. The van der Waals surface area contributed by atoms with Gasteiger partial charge < -0.3 is 9.38 Å². The van der Waals surface area contributed by atoms with E-state index >= 15 is 0 Å². The Labute approximate surface area is 312 Å². The van der Waals surface area contributed by atoms with Crippen LogP contribution in [-0.2, 0) is 0 Å². The van der Waals surface area contributed by atoms with E-state index in [1.807, 2.05) is 71.3 Å². The number of rotatable bonds is 4. The SMILES string of the molecule is [2H]c1c([2H])c(N2B(c3ccccc3)c3ccccc3-c3ccccc32)c([2H])c(-n2c3ccccc3c3cc(-c4cccc5sc6ccccc6c45)ccc32)c1[2H]. The Bertz CT molecular complexity index is 3230. The molecule has 2 nitrogen and oxygen atoms in total. The third kappa shape index (κ3) is 4.38. The molecule has 242 valence electrons. The third-order valence-electron chi connectivity index (χ3n) is 10.5. The van der Waals surface area contributed by atoms with Gasteiger partial charge in [0.2, 0.25) is 0 Å². The Morgan fingerprint density at radius 3 is 2.13 bits per heavy atom. The lowest BCUT2D eigenvalue weighted by Gasteiger charge is -2.39. The number of thiophene rings is 1. The lowest BCUT2D eigenvalue weighted by molar-refractivity contribution is 1.17. The van der Waals surface area contributed by atoms with Gasteiger partial charge in [0.1, 0.15) is 0 Å². The van der Waals surface area contributed by atoms with Crippen LogP contribution < -0.4 is 15.7 Å². The molecule has 0 bridgehead atoms. The lowest BCUT2D eigenvalue weighted by atomic mass is 9.46. The van der Waals surface area contributed by atoms with Crippen molar-refractivity contribution in [2.75, 3.05) is 4.81 Å². The second-order valence-electron chi connectivity index (χ2n) is 13.3. The molecule has 0 radical (unpaired) electrons. The minimum absolute atomic E-state index is 0.0346. The molecule has 10 aromatic rings. The highest BCUT2D eigenvalue weighted by atomic mass is 32.1. The number of fused-ring (bicyclic) bond motifs is 9. The molecule has 0 atom stereocenters. The monoisotopic (exact) mass is 682 g/mol. The fourth-order valence-corrected chi connectivity index (χ4v) is 9.47. The standard InChI is InChI=1S/C48H31BN2S/c1-2-14-33(15-3-1)49-42-23-8-4-18-37(42)38-19-6-10-25-45(38)51(49)35-17-12-16-34(31-35)50-43-24-9-5-20-39(43)41-30-32(28-29-44(41)50)36-22-13-27-47-48(36)40-21-7-11-26-46(40)52-47/h1-31H/i12D,16D,17D,31D. The van der Waals surface area contributed by atoms with Crippen LogP contribution in [0.4, 0.5) is 11.4 Å². The number of benzene rings is 8. The highest BCUT2D eigenvalue weighted by Gasteiger charge is 2.36. The molecule has 0 N–H and O–H groups in total. The number of hydrogen-bond acceptors (Lipinski definition) is 2. The van der Waals surface area contributed by atoms with Crippen LogP contribution >= 0.6 is 11.3 Å². The predicted molar refractivity (Wildman–Crippen MR) is 225 cm³/mol. The Kier molecular flexibility index (Phi) is 5.70. The van der Waals surface area contributed by atoms with Crippen molar-refractivity contribution in [3.05, 3.63) is 188 Å². The molecule has 8 aromatic carbocycles. The molecule has 1 aliphatic heterocycles. The van der Waals surface area contributed by atoms with E-state index in [1.54, 1.807) is 11.3 Å². The van der Waals surface area contributed by atoms with Crippen LogP contribution in [0, 0.1) is 0 Å². The molecular weight excluding hydrogens is 647 g/mol. The average Bonchev–Trinajstić information content (AvgIpc) is 3.79. The predicted octanol–water partition coefficient (Wildman–Crippen LogP) is 11.7. The summed E-state index contributed by atoms with van der Waals surface area (Å²) in [6.07, 6.45) is 0. The molecule has 11 rings (SSSR count). The van der Waals surface area contributed by atoms with E-state index in [0.29, 0.717) is 5.69 Å². The Balaban J connectivity index is 1.18. The van der Waals surface area contributed by atoms with Crippen molar-refractivity contribution in [2.45, 2.75) is 0 Å². The van der Waals surface area contributed by atoms with Crippen molar-refractivity contribution in [3.63, 3.8) is 0 Å². The minimum atomic E-state index is -0.379. The van der Waals surface area contributed by atoms with E-state index in [0.717, 1.165) is 60.7 Å². The number of para-hydroxylation sites is 2. The maximum absolute atomic E-state index is 10.1. The van der Waals surface area contributed by atoms with Gasteiger partial charge in [0.05, 0.1) is 16.5 Å². The van der Waals surface area contributed by atoms with Gasteiger partial charge in [-0.15, -0.1) is 11.3 Å². The van der Waals surface area contributed by atoms with Gasteiger partial charge in [-0.25, -0.2) is 0 Å². The molecule has 0 saturated heterocycles. The normalized spacial score (nSPS) is 13.6. The van der Waals surface area contributed by atoms with Crippen LogP contribution in [0.2, 0.25) is 0 Å². The molecule has 0 fully saturated rings. The molecule has 0 aliphatic carbocycles. The second-order valence-corrected chi connectivity index (χ2v) is 14.4. The van der Waals surface area contributed by atoms with E-state index in [4.69, 9.17) is 0 Å². The van der Waals surface area contributed by atoms with E-state index < -0.39 is 0 Å². The molecular formula is C48H31BN2S. The van der Waals surface area contributed by atoms with Crippen molar-refractivity contribution in [2.24, 2.45) is 0 Å². The number of hydrogen-bond donors (Lipinski definition) is 0. The van der Waals surface area contributed by atoms with Gasteiger partial charge in [-0.05, 0) is 76.7 Å². The summed E-state index contributed by atoms with van der Waals surface area (Å²) in [5.41, 5.74) is 9.52. The summed E-state index contributed by atoms with van der Waals surface area (Å²) >= 11 is 1.80. The maximum atomic E-state index is 10.1. The highest BCUT2D eigenvalue weighted by Crippen LogP contribution is 2.43. The first-order chi connectivity index (χ1) is 27.5. The summed E-state index contributed by atoms with van der Waals surface area (Å²) in [5, 5.41) is 4.47. The zero-order valence-corrected chi connectivity index (χ0v) is 28.8. The second kappa shape index (κ2) is 11.6. The molecule has 0 saturated carbocycles. The van der Waals surface area contributed by atoms with Crippen LogP contribution in [-0.4, -0.2) is 11.4 Å². The fraction of sp³-hybridized carbons (Fsp3) is 0. The van der Waals surface area contributed by atoms with E-state index in [2.05, 4.69) is 102 Å². The number of nitrogens with zero attached hydrogens (tertiary/aromatic N) is 2. The van der Waals surface area contributed by atoms with Gasteiger partial charge in [0.15, 0.2) is 0 Å². The first-order valence-electron chi connectivity index (χ1n) is 19.6. The Morgan fingerprint density at radius 2 is 1.21 bits per heavy atom. The third-order valence-corrected chi connectivity index (χ3v) is 11.7.